The maximum atomic E-state index is 13.0. The molecule has 0 bridgehead atoms. The quantitative estimate of drug-likeness (QED) is 0.911. The summed E-state index contributed by atoms with van der Waals surface area (Å²) in [5.41, 5.74) is 1.64. The van der Waals surface area contributed by atoms with E-state index in [1.807, 2.05) is 13.8 Å². The second-order valence-electron chi connectivity index (χ2n) is 5.63. The van der Waals surface area contributed by atoms with Crippen LogP contribution in [-0.2, 0) is 4.79 Å². The van der Waals surface area contributed by atoms with E-state index in [4.69, 9.17) is 0 Å². The number of benzene rings is 1. The van der Waals surface area contributed by atoms with Crippen molar-refractivity contribution >= 4 is 22.4 Å². The molecule has 2 N–H and O–H groups in total. The van der Waals surface area contributed by atoms with Crippen molar-refractivity contribution in [3.8, 4) is 11.3 Å². The van der Waals surface area contributed by atoms with Crippen LogP contribution in [0.5, 0.6) is 0 Å². The summed E-state index contributed by atoms with van der Waals surface area (Å²) < 4.78 is 13.0. The van der Waals surface area contributed by atoms with Crippen molar-refractivity contribution in [3.63, 3.8) is 0 Å². The average molecular weight is 319 g/mol. The molecule has 0 radical (unpaired) electrons. The summed E-state index contributed by atoms with van der Waals surface area (Å²) in [7, 11) is 0. The minimum absolute atomic E-state index is 0.00547. The van der Waals surface area contributed by atoms with Crippen molar-refractivity contribution in [2.75, 3.05) is 18.4 Å². The number of carbonyl (C=O) groups excluding carboxylic acids is 1. The van der Waals surface area contributed by atoms with Gasteiger partial charge in [0.2, 0.25) is 5.91 Å². The molecule has 0 saturated carbocycles. The van der Waals surface area contributed by atoms with Crippen LogP contribution in [0.2, 0.25) is 0 Å². The highest BCUT2D eigenvalue weighted by atomic mass is 32.1. The maximum absolute atomic E-state index is 13.0. The number of thiazole rings is 1. The number of aromatic nitrogens is 1. The second kappa shape index (κ2) is 6.14. The fourth-order valence-electron chi connectivity index (χ4n) is 2.42. The second-order valence-corrected chi connectivity index (χ2v) is 6.83. The molecular formula is C16H18FN3OS. The number of anilines is 1. The first kappa shape index (κ1) is 15.1. The lowest BCUT2D eigenvalue weighted by atomic mass is 9.88. The number of nitrogens with zero attached hydrogens (tertiary/aromatic N) is 1. The maximum Gasteiger partial charge on any atom is 0.229 e. The van der Waals surface area contributed by atoms with E-state index in [2.05, 4.69) is 15.6 Å². The Bertz CT molecular complexity index is 679. The molecule has 1 amide bonds. The highest BCUT2D eigenvalue weighted by Crippen LogP contribution is 2.31. The predicted molar refractivity (Wildman–Crippen MR) is 86.4 cm³/mol. The summed E-state index contributed by atoms with van der Waals surface area (Å²) in [6.07, 6.45) is 0. The monoisotopic (exact) mass is 319 g/mol. The third kappa shape index (κ3) is 3.03. The van der Waals surface area contributed by atoms with E-state index < -0.39 is 0 Å². The lowest BCUT2D eigenvalue weighted by Gasteiger charge is -2.31. The summed E-state index contributed by atoms with van der Waals surface area (Å²) in [6, 6.07) is 6.23. The first-order chi connectivity index (χ1) is 10.5. The Morgan fingerprint density at radius 1 is 1.41 bits per heavy atom. The topological polar surface area (TPSA) is 54.0 Å². The van der Waals surface area contributed by atoms with E-state index in [-0.39, 0.29) is 17.6 Å². The van der Waals surface area contributed by atoms with Gasteiger partial charge in [0.1, 0.15) is 5.82 Å². The molecule has 0 spiro atoms. The predicted octanol–water partition coefficient (Wildman–Crippen LogP) is 3.05. The van der Waals surface area contributed by atoms with Crippen molar-refractivity contribution in [2.45, 2.75) is 13.8 Å². The number of hydrogen-bond acceptors (Lipinski definition) is 4. The summed E-state index contributed by atoms with van der Waals surface area (Å²) in [4.78, 5) is 17.7. The SMILES string of the molecule is Cc1sc(NC(=O)C(C)C2CNC2)nc1-c1ccc(F)cc1. The number of halogens is 1. The van der Waals surface area contributed by atoms with Gasteiger partial charge in [-0.15, -0.1) is 11.3 Å². The highest BCUT2D eigenvalue weighted by Gasteiger charge is 2.29. The van der Waals surface area contributed by atoms with Gasteiger partial charge in [0.15, 0.2) is 5.13 Å². The van der Waals surface area contributed by atoms with E-state index in [0.29, 0.717) is 11.0 Å². The van der Waals surface area contributed by atoms with Gasteiger partial charge in [0.25, 0.3) is 0 Å². The Morgan fingerprint density at radius 2 is 2.09 bits per heavy atom. The van der Waals surface area contributed by atoms with Gasteiger partial charge < -0.3 is 10.6 Å². The molecule has 22 heavy (non-hydrogen) atoms. The zero-order valence-electron chi connectivity index (χ0n) is 12.5. The van der Waals surface area contributed by atoms with E-state index in [1.165, 1.54) is 23.5 Å². The van der Waals surface area contributed by atoms with Gasteiger partial charge in [0, 0.05) is 16.4 Å². The van der Waals surface area contributed by atoms with E-state index >= 15 is 0 Å². The first-order valence-electron chi connectivity index (χ1n) is 7.29. The molecule has 6 heteroatoms. The molecule has 1 aromatic heterocycles. The van der Waals surface area contributed by atoms with Crippen molar-refractivity contribution in [3.05, 3.63) is 35.0 Å². The number of amides is 1. The van der Waals surface area contributed by atoms with Crippen molar-refractivity contribution < 1.29 is 9.18 Å². The molecule has 1 aliphatic heterocycles. The molecule has 2 heterocycles. The Hall–Kier alpha value is -1.79. The smallest absolute Gasteiger partial charge is 0.229 e. The minimum Gasteiger partial charge on any atom is -0.316 e. The zero-order chi connectivity index (χ0) is 15.7. The summed E-state index contributed by atoms with van der Waals surface area (Å²) in [6.45, 7) is 5.69. The Labute approximate surface area is 132 Å². The van der Waals surface area contributed by atoms with Crippen LogP contribution in [0.4, 0.5) is 9.52 Å². The van der Waals surface area contributed by atoms with Gasteiger partial charge in [-0.1, -0.05) is 6.92 Å². The summed E-state index contributed by atoms with van der Waals surface area (Å²) in [5, 5.41) is 6.67. The van der Waals surface area contributed by atoms with Crippen molar-refractivity contribution in [1.82, 2.24) is 10.3 Å². The zero-order valence-corrected chi connectivity index (χ0v) is 13.3. The number of carbonyl (C=O) groups is 1. The normalized spacial score (nSPS) is 16.1. The van der Waals surface area contributed by atoms with Crippen LogP contribution in [0.15, 0.2) is 24.3 Å². The van der Waals surface area contributed by atoms with Crippen LogP contribution in [0, 0.1) is 24.6 Å². The van der Waals surface area contributed by atoms with Gasteiger partial charge in [-0.05, 0) is 50.2 Å². The van der Waals surface area contributed by atoms with E-state index in [9.17, 15) is 9.18 Å². The van der Waals surface area contributed by atoms with Gasteiger partial charge in [-0.2, -0.15) is 0 Å². The average Bonchev–Trinajstić information content (AvgIpc) is 2.78. The standard InChI is InChI=1S/C16H18FN3OS/c1-9(12-7-18-8-12)15(21)20-16-19-14(10(2)22-16)11-3-5-13(17)6-4-11/h3-6,9,12,18H,7-8H2,1-2H3,(H,19,20,21). The Kier molecular flexibility index (Phi) is 4.22. The Balaban J connectivity index is 1.74. The molecule has 116 valence electrons. The molecule has 1 unspecified atom stereocenters. The number of hydrogen-bond donors (Lipinski definition) is 2. The molecule has 0 aliphatic carbocycles. The highest BCUT2D eigenvalue weighted by molar-refractivity contribution is 7.16. The van der Waals surface area contributed by atoms with Gasteiger partial charge >= 0.3 is 0 Å². The molecule has 3 rings (SSSR count). The molecule has 1 atom stereocenters. The van der Waals surface area contributed by atoms with Crippen LogP contribution in [-0.4, -0.2) is 24.0 Å². The van der Waals surface area contributed by atoms with E-state index in [1.54, 1.807) is 12.1 Å². The fraction of sp³-hybridized carbons (Fsp3) is 0.375. The van der Waals surface area contributed by atoms with Gasteiger partial charge in [-0.3, -0.25) is 4.79 Å². The third-order valence-corrected chi connectivity index (χ3v) is 4.96. The van der Waals surface area contributed by atoms with Crippen LogP contribution < -0.4 is 10.6 Å². The number of nitrogens with one attached hydrogen (secondary N) is 2. The molecule has 4 nitrogen and oxygen atoms in total. The molecule has 1 aliphatic rings. The van der Waals surface area contributed by atoms with Crippen LogP contribution in [0.3, 0.4) is 0 Å². The number of aryl methyl sites for hydroxylation is 1. The Morgan fingerprint density at radius 3 is 2.68 bits per heavy atom. The molecule has 1 aromatic carbocycles. The molecule has 1 fully saturated rings. The lowest BCUT2D eigenvalue weighted by Crippen LogP contribution is -2.48. The summed E-state index contributed by atoms with van der Waals surface area (Å²) in [5.74, 6) is 0.108. The van der Waals surface area contributed by atoms with Gasteiger partial charge in [0.05, 0.1) is 5.69 Å². The van der Waals surface area contributed by atoms with Crippen LogP contribution in [0.1, 0.15) is 11.8 Å². The van der Waals surface area contributed by atoms with Gasteiger partial charge in [-0.25, -0.2) is 9.37 Å². The molecule has 2 aromatic rings. The molecular weight excluding hydrogens is 301 g/mol. The third-order valence-electron chi connectivity index (χ3n) is 4.08. The van der Waals surface area contributed by atoms with Crippen LogP contribution >= 0.6 is 11.3 Å². The fourth-order valence-corrected chi connectivity index (χ4v) is 3.26. The van der Waals surface area contributed by atoms with Crippen LogP contribution in [0.25, 0.3) is 11.3 Å². The lowest BCUT2D eigenvalue weighted by molar-refractivity contribution is -0.121. The minimum atomic E-state index is -0.270. The first-order valence-corrected chi connectivity index (χ1v) is 8.11. The summed E-state index contributed by atoms with van der Waals surface area (Å²) >= 11 is 1.44. The largest absolute Gasteiger partial charge is 0.316 e. The van der Waals surface area contributed by atoms with E-state index in [0.717, 1.165) is 29.2 Å². The van der Waals surface area contributed by atoms with Crippen molar-refractivity contribution in [1.29, 1.82) is 0 Å². The molecule has 1 saturated heterocycles. The number of rotatable bonds is 4. The van der Waals surface area contributed by atoms with Crippen molar-refractivity contribution in [2.24, 2.45) is 11.8 Å².